The molecular formula is C12H13BrClN5O. The first-order valence-electron chi connectivity index (χ1n) is 5.79. The predicted molar refractivity (Wildman–Crippen MR) is 81.8 cm³/mol. The van der Waals surface area contributed by atoms with Crippen LogP contribution in [0, 0.1) is 13.8 Å². The first-order chi connectivity index (χ1) is 9.43. The standard InChI is InChI=1S/C12H13BrClN5O/c1-6-11(13)7(2)19(12(20)16-6)5-9-8(14)3-4-10(17-9)18-15/h3-4H,5,15H2,1-2H3,(H,17,18). The number of halogens is 2. The maximum atomic E-state index is 12.0. The van der Waals surface area contributed by atoms with E-state index in [1.807, 2.05) is 6.92 Å². The van der Waals surface area contributed by atoms with Crippen molar-refractivity contribution in [1.29, 1.82) is 0 Å². The molecule has 2 aromatic heterocycles. The van der Waals surface area contributed by atoms with Crippen LogP contribution < -0.4 is 17.0 Å². The Labute approximate surface area is 129 Å². The Bertz CT molecular complexity index is 716. The first kappa shape index (κ1) is 15.0. The number of aryl methyl sites for hydroxylation is 1. The summed E-state index contributed by atoms with van der Waals surface area (Å²) in [4.78, 5) is 20.2. The van der Waals surface area contributed by atoms with Crippen molar-refractivity contribution in [3.05, 3.63) is 49.2 Å². The maximum Gasteiger partial charge on any atom is 0.348 e. The van der Waals surface area contributed by atoms with Gasteiger partial charge in [0, 0.05) is 5.69 Å². The third-order valence-electron chi connectivity index (χ3n) is 2.91. The highest BCUT2D eigenvalue weighted by atomic mass is 79.9. The molecule has 0 atom stereocenters. The Morgan fingerprint density at radius 1 is 1.40 bits per heavy atom. The van der Waals surface area contributed by atoms with Gasteiger partial charge in [0.05, 0.1) is 27.4 Å². The van der Waals surface area contributed by atoms with Gasteiger partial charge < -0.3 is 5.43 Å². The van der Waals surface area contributed by atoms with Crippen LogP contribution in [0.5, 0.6) is 0 Å². The summed E-state index contributed by atoms with van der Waals surface area (Å²) in [6, 6.07) is 3.33. The number of pyridine rings is 1. The van der Waals surface area contributed by atoms with Crippen LogP contribution in [-0.2, 0) is 6.54 Å². The Morgan fingerprint density at radius 3 is 2.75 bits per heavy atom. The van der Waals surface area contributed by atoms with Crippen molar-refractivity contribution >= 4 is 33.3 Å². The summed E-state index contributed by atoms with van der Waals surface area (Å²) in [6.45, 7) is 3.83. The van der Waals surface area contributed by atoms with Gasteiger partial charge in [0.25, 0.3) is 0 Å². The number of anilines is 1. The quantitative estimate of drug-likeness (QED) is 0.647. The molecule has 0 saturated heterocycles. The fourth-order valence-electron chi connectivity index (χ4n) is 1.79. The van der Waals surface area contributed by atoms with E-state index in [1.165, 1.54) is 4.57 Å². The van der Waals surface area contributed by atoms with Crippen LogP contribution in [0.4, 0.5) is 5.82 Å². The molecule has 0 unspecified atom stereocenters. The molecule has 3 N–H and O–H groups in total. The Morgan fingerprint density at radius 2 is 2.10 bits per heavy atom. The SMILES string of the molecule is Cc1nc(=O)n(Cc2nc(NN)ccc2Cl)c(C)c1Br. The number of hydrogen-bond donors (Lipinski definition) is 2. The lowest BCUT2D eigenvalue weighted by Crippen LogP contribution is -2.27. The third-order valence-corrected chi connectivity index (χ3v) is 4.40. The highest BCUT2D eigenvalue weighted by Gasteiger charge is 2.12. The van der Waals surface area contributed by atoms with Gasteiger partial charge in [-0.25, -0.2) is 15.6 Å². The number of nitrogen functional groups attached to an aromatic ring is 1. The van der Waals surface area contributed by atoms with Crippen LogP contribution in [0.3, 0.4) is 0 Å². The minimum Gasteiger partial charge on any atom is -0.308 e. The normalized spacial score (nSPS) is 10.7. The summed E-state index contributed by atoms with van der Waals surface area (Å²) < 4.78 is 2.30. The van der Waals surface area contributed by atoms with E-state index in [0.717, 1.165) is 10.2 Å². The van der Waals surface area contributed by atoms with E-state index in [2.05, 4.69) is 31.3 Å². The molecule has 0 fully saturated rings. The average molecular weight is 359 g/mol. The van der Waals surface area contributed by atoms with Crippen LogP contribution in [0.1, 0.15) is 17.1 Å². The van der Waals surface area contributed by atoms with Crippen molar-refractivity contribution in [2.45, 2.75) is 20.4 Å². The molecule has 0 radical (unpaired) electrons. The third kappa shape index (κ3) is 2.84. The minimum atomic E-state index is -0.341. The second kappa shape index (κ2) is 5.90. The lowest BCUT2D eigenvalue weighted by molar-refractivity contribution is 0.676. The van der Waals surface area contributed by atoms with Gasteiger partial charge in [-0.05, 0) is 41.9 Å². The molecule has 0 saturated carbocycles. The Kier molecular flexibility index (Phi) is 4.42. The zero-order valence-electron chi connectivity index (χ0n) is 10.9. The fourth-order valence-corrected chi connectivity index (χ4v) is 2.26. The van der Waals surface area contributed by atoms with Gasteiger partial charge in [-0.1, -0.05) is 11.6 Å². The van der Waals surface area contributed by atoms with Gasteiger partial charge in [-0.3, -0.25) is 4.57 Å². The molecular weight excluding hydrogens is 346 g/mol. The maximum absolute atomic E-state index is 12.0. The zero-order valence-corrected chi connectivity index (χ0v) is 13.3. The Balaban J connectivity index is 2.50. The molecule has 8 heteroatoms. The lowest BCUT2D eigenvalue weighted by Gasteiger charge is -2.13. The lowest BCUT2D eigenvalue weighted by atomic mass is 10.3. The van der Waals surface area contributed by atoms with Crippen LogP contribution >= 0.6 is 27.5 Å². The summed E-state index contributed by atoms with van der Waals surface area (Å²) >= 11 is 9.52. The zero-order chi connectivity index (χ0) is 14.9. The summed E-state index contributed by atoms with van der Waals surface area (Å²) in [5.41, 5.74) is 4.08. The van der Waals surface area contributed by atoms with E-state index in [1.54, 1.807) is 19.1 Å². The number of hydrazine groups is 1. The monoisotopic (exact) mass is 357 g/mol. The van der Waals surface area contributed by atoms with Crippen molar-refractivity contribution in [3.8, 4) is 0 Å². The van der Waals surface area contributed by atoms with Crippen LogP contribution in [0.25, 0.3) is 0 Å². The highest BCUT2D eigenvalue weighted by molar-refractivity contribution is 9.10. The van der Waals surface area contributed by atoms with Gasteiger partial charge >= 0.3 is 5.69 Å². The largest absolute Gasteiger partial charge is 0.348 e. The molecule has 2 heterocycles. The molecule has 0 aliphatic heterocycles. The van der Waals surface area contributed by atoms with Crippen molar-refractivity contribution in [3.63, 3.8) is 0 Å². The second-order valence-corrected chi connectivity index (χ2v) is 5.43. The smallest absolute Gasteiger partial charge is 0.308 e. The van der Waals surface area contributed by atoms with Gasteiger partial charge in [0.1, 0.15) is 5.82 Å². The summed E-state index contributed by atoms with van der Waals surface area (Å²) in [5, 5.41) is 0.465. The summed E-state index contributed by atoms with van der Waals surface area (Å²) in [5.74, 6) is 5.80. The topological polar surface area (TPSA) is 85.8 Å². The van der Waals surface area contributed by atoms with E-state index in [0.29, 0.717) is 22.2 Å². The number of aromatic nitrogens is 3. The van der Waals surface area contributed by atoms with Gasteiger partial charge in [0.15, 0.2) is 0 Å². The van der Waals surface area contributed by atoms with Crippen molar-refractivity contribution < 1.29 is 0 Å². The molecule has 0 aliphatic carbocycles. The molecule has 6 nitrogen and oxygen atoms in total. The Hall–Kier alpha value is -1.44. The van der Waals surface area contributed by atoms with E-state index in [4.69, 9.17) is 17.4 Å². The summed E-state index contributed by atoms with van der Waals surface area (Å²) in [6.07, 6.45) is 0. The van der Waals surface area contributed by atoms with Gasteiger partial charge in [-0.15, -0.1) is 0 Å². The summed E-state index contributed by atoms with van der Waals surface area (Å²) in [7, 11) is 0. The minimum absolute atomic E-state index is 0.227. The average Bonchev–Trinajstić information content (AvgIpc) is 2.43. The van der Waals surface area contributed by atoms with Crippen molar-refractivity contribution in [1.82, 2.24) is 14.5 Å². The first-order valence-corrected chi connectivity index (χ1v) is 6.96. The molecule has 0 spiro atoms. The second-order valence-electron chi connectivity index (χ2n) is 4.23. The van der Waals surface area contributed by atoms with Crippen molar-refractivity contribution in [2.24, 2.45) is 5.84 Å². The van der Waals surface area contributed by atoms with E-state index < -0.39 is 0 Å². The number of nitrogens with one attached hydrogen (secondary N) is 1. The molecule has 20 heavy (non-hydrogen) atoms. The molecule has 0 amide bonds. The molecule has 2 rings (SSSR count). The molecule has 0 aliphatic rings. The van der Waals surface area contributed by atoms with Crippen molar-refractivity contribution in [2.75, 3.05) is 5.43 Å². The predicted octanol–water partition coefficient (Wildman–Crippen LogP) is 2.00. The van der Waals surface area contributed by atoms with E-state index in [9.17, 15) is 4.79 Å². The number of nitrogens with zero attached hydrogens (tertiary/aromatic N) is 3. The highest BCUT2D eigenvalue weighted by Crippen LogP contribution is 2.20. The number of rotatable bonds is 3. The van der Waals surface area contributed by atoms with E-state index in [-0.39, 0.29) is 12.2 Å². The van der Waals surface area contributed by atoms with Gasteiger partial charge in [0.2, 0.25) is 0 Å². The van der Waals surface area contributed by atoms with E-state index >= 15 is 0 Å². The van der Waals surface area contributed by atoms with Crippen LogP contribution in [0.2, 0.25) is 5.02 Å². The number of nitrogens with two attached hydrogens (primary N) is 1. The van der Waals surface area contributed by atoms with Crippen LogP contribution in [-0.4, -0.2) is 14.5 Å². The van der Waals surface area contributed by atoms with Gasteiger partial charge in [-0.2, -0.15) is 4.98 Å². The molecule has 0 bridgehead atoms. The fraction of sp³-hybridized carbons (Fsp3) is 0.250. The molecule has 2 aromatic rings. The molecule has 0 aromatic carbocycles. The molecule has 106 valence electrons. The van der Waals surface area contributed by atoms with Crippen LogP contribution in [0.15, 0.2) is 21.4 Å². The number of hydrogen-bond acceptors (Lipinski definition) is 5.